The first-order valence-electron chi connectivity index (χ1n) is 19.9. The highest BCUT2D eigenvalue weighted by molar-refractivity contribution is 14.1. The molecule has 18 nitrogen and oxygen atoms in total. The zero-order valence-corrected chi connectivity index (χ0v) is 46.5. The second-order valence-electron chi connectivity index (χ2n) is 16.0. The largest absolute Gasteiger partial charge is 0.366 e. The van der Waals surface area contributed by atoms with Gasteiger partial charge in [-0.25, -0.2) is 9.59 Å². The van der Waals surface area contributed by atoms with Crippen LogP contribution in [0.5, 0.6) is 0 Å². The van der Waals surface area contributed by atoms with E-state index < -0.39 is 95.7 Å². The Balaban J connectivity index is 0.996. The molecule has 340 valence electrons. The van der Waals surface area contributed by atoms with Crippen LogP contribution in [0.15, 0.2) is 24.3 Å². The Hall–Kier alpha value is -2.60. The van der Waals surface area contributed by atoms with Gasteiger partial charge in [0.15, 0.2) is 0 Å². The van der Waals surface area contributed by atoms with Crippen LogP contribution in [0.25, 0.3) is 0 Å². The number of imide groups is 2. The number of nitrogens with one attached hydrogen (secondary N) is 4. The molecule has 8 unspecified atom stereocenters. The van der Waals surface area contributed by atoms with E-state index in [1.54, 1.807) is 6.92 Å². The molecule has 0 aromatic heterocycles. The van der Waals surface area contributed by atoms with E-state index in [2.05, 4.69) is 21.3 Å². The third-order valence-electron chi connectivity index (χ3n) is 12.2. The Morgan fingerprint density at radius 1 is 0.508 bits per heavy atom. The van der Waals surface area contributed by atoms with Crippen LogP contribution < -0.4 is 21.3 Å². The van der Waals surface area contributed by atoms with Crippen LogP contribution in [0.3, 0.4) is 0 Å². The van der Waals surface area contributed by atoms with Crippen LogP contribution >= 0.6 is 136 Å². The van der Waals surface area contributed by atoms with Crippen LogP contribution in [0, 0.1) is 68.8 Å². The Morgan fingerprint density at radius 3 is 1.09 bits per heavy atom. The number of amides is 8. The van der Waals surface area contributed by atoms with Gasteiger partial charge < -0.3 is 30.9 Å². The Bertz CT molecular complexity index is 2610. The fourth-order valence-corrected chi connectivity index (χ4v) is 17.6. The number of anilines is 4. The molecular formula is C41H32I6N6O12. The van der Waals surface area contributed by atoms with Crippen molar-refractivity contribution in [3.63, 3.8) is 0 Å². The van der Waals surface area contributed by atoms with Crippen LogP contribution in [-0.2, 0) is 48.0 Å². The molecule has 8 amide bonds. The first kappa shape index (κ1) is 48.8. The third-order valence-corrected chi connectivity index (χ3v) is 18.7. The monoisotopic (exact) mass is 1560 g/mol. The summed E-state index contributed by atoms with van der Waals surface area (Å²) in [5, 5.41) is 11.9. The summed E-state index contributed by atoms with van der Waals surface area (Å²) in [6.07, 6.45) is 8.27. The summed E-state index contributed by atoms with van der Waals surface area (Å²) in [6, 6.07) is 0. The molecule has 65 heavy (non-hydrogen) atoms. The predicted molar refractivity (Wildman–Crippen MR) is 279 cm³/mol. The molecule has 4 N–H and O–H groups in total. The molecule has 8 rings (SSSR count). The fourth-order valence-electron chi connectivity index (χ4n) is 9.35. The van der Waals surface area contributed by atoms with Crippen molar-refractivity contribution in [2.45, 2.75) is 46.0 Å². The third kappa shape index (κ3) is 8.63. The van der Waals surface area contributed by atoms with E-state index in [0.717, 1.165) is 0 Å². The zero-order valence-electron chi connectivity index (χ0n) is 33.5. The zero-order chi connectivity index (χ0) is 47.1. The minimum Gasteiger partial charge on any atom is -0.325 e. The van der Waals surface area contributed by atoms with E-state index in [0.29, 0.717) is 30.1 Å². The van der Waals surface area contributed by atoms with Crippen molar-refractivity contribution in [1.82, 2.24) is 10.1 Å². The van der Waals surface area contributed by atoms with Crippen molar-refractivity contribution in [2.24, 2.45) is 47.3 Å². The molecule has 4 aliphatic carbocycles. The van der Waals surface area contributed by atoms with Gasteiger partial charge in [-0.15, -0.1) is 10.1 Å². The maximum absolute atomic E-state index is 13.9. The van der Waals surface area contributed by atoms with Gasteiger partial charge in [0.25, 0.3) is 23.6 Å². The van der Waals surface area contributed by atoms with Crippen molar-refractivity contribution in [3.05, 3.63) is 56.9 Å². The molecule has 2 heterocycles. The normalized spacial score (nSPS) is 25.3. The summed E-state index contributed by atoms with van der Waals surface area (Å²) in [5.74, 6) is -9.75. The summed E-state index contributed by atoms with van der Waals surface area (Å²) in [7, 11) is 0. The highest BCUT2D eigenvalue weighted by atomic mass is 127. The van der Waals surface area contributed by atoms with E-state index in [4.69, 9.17) is 9.68 Å². The second-order valence-corrected chi connectivity index (χ2v) is 22.5. The van der Waals surface area contributed by atoms with Gasteiger partial charge in [0.1, 0.15) is 0 Å². The molecule has 2 saturated carbocycles. The van der Waals surface area contributed by atoms with Gasteiger partial charge >= 0.3 is 11.9 Å². The van der Waals surface area contributed by atoms with Gasteiger partial charge in [-0.2, -0.15) is 0 Å². The van der Waals surface area contributed by atoms with E-state index in [1.165, 1.54) is 6.92 Å². The quantitative estimate of drug-likeness (QED) is 0.0982. The molecule has 0 radical (unpaired) electrons. The number of hydrogen-bond donors (Lipinski definition) is 4. The number of hydrogen-bond acceptors (Lipinski definition) is 12. The molecule has 4 bridgehead atoms. The maximum Gasteiger partial charge on any atom is 0.366 e. The molecule has 8 atom stereocenters. The minimum atomic E-state index is -1.07. The number of hydroxylamine groups is 4. The number of benzene rings is 2. The summed E-state index contributed by atoms with van der Waals surface area (Å²) in [6.45, 7) is 2.88. The van der Waals surface area contributed by atoms with Crippen molar-refractivity contribution in [2.75, 3.05) is 21.3 Å². The summed E-state index contributed by atoms with van der Waals surface area (Å²) >= 11 is 11.1. The van der Waals surface area contributed by atoms with Gasteiger partial charge in [0, 0.05) is 26.2 Å². The highest BCUT2D eigenvalue weighted by Crippen LogP contribution is 2.54. The number of carbonyl (C=O) groups is 10. The van der Waals surface area contributed by atoms with Gasteiger partial charge in [0.2, 0.25) is 23.6 Å². The molecule has 2 saturated heterocycles. The van der Waals surface area contributed by atoms with Gasteiger partial charge in [-0.05, 0) is 172 Å². The predicted octanol–water partition coefficient (Wildman–Crippen LogP) is 6.74. The molecule has 2 aromatic rings. The summed E-state index contributed by atoms with van der Waals surface area (Å²) in [4.78, 5) is 144. The number of carbonyl (C=O) groups excluding carboxylic acids is 10. The van der Waals surface area contributed by atoms with Crippen LogP contribution in [0.2, 0.25) is 0 Å². The van der Waals surface area contributed by atoms with Gasteiger partial charge in [0.05, 0.1) is 79.0 Å². The number of allylic oxidation sites excluding steroid dienone is 4. The number of nitrogens with zero attached hydrogens (tertiary/aromatic N) is 2. The number of halogens is 6. The van der Waals surface area contributed by atoms with Crippen LogP contribution in [-0.4, -0.2) is 69.3 Å². The van der Waals surface area contributed by atoms with E-state index in [-0.39, 0.29) is 78.2 Å². The lowest BCUT2D eigenvalue weighted by Crippen LogP contribution is -2.36. The Kier molecular flexibility index (Phi) is 14.3. The molecule has 2 aromatic carbocycles. The second kappa shape index (κ2) is 19.1. The topological polar surface area (TPSA) is 244 Å². The molecular weight excluding hydrogens is 1530 g/mol. The Morgan fingerprint density at radius 2 is 0.800 bits per heavy atom. The van der Waals surface area contributed by atoms with Crippen molar-refractivity contribution in [1.29, 1.82) is 0 Å². The van der Waals surface area contributed by atoms with Crippen LogP contribution in [0.4, 0.5) is 22.7 Å². The lowest BCUT2D eigenvalue weighted by Gasteiger charge is -2.21. The first-order chi connectivity index (χ1) is 30.7. The van der Waals surface area contributed by atoms with Crippen molar-refractivity contribution in [3.8, 4) is 0 Å². The SMILES string of the molecule is CCC(=O)Nc1c(I)c(NC(=O)CCC(=O)Nc2c(I)c(NC(C)=O)c(I)c(C(=O)ON3C(=O)C4C5C=CC(C5)C4C3=O)c2I)c(I)c(C(=O)ON2C(=O)C3C4C=CC(C4)C3C2=O)c1I. The minimum absolute atomic E-state index is 0.0788. The molecule has 6 aliphatic rings. The standard InChI is InChI=1S/C41H32I6N6O12/c1-3-17(55)49-33-27(43)25(41(63)65-53-38(60)22-15-6-7-16(11-15)23(22)39(53)61)29(45)35(31(33)47)51-19(57)9-8-18(56)50-34-28(44)24(26(42)32(30(34)46)48-12(2)54)40(62)64-52-36(58)20-13-4-5-14(10-13)21(20)37(52)59/h4-7,13-16,20-23H,3,8-11H2,1-2H3,(H,48,54)(H,49,55)(H,50,56)(H,51,57). The van der Waals surface area contributed by atoms with Crippen LogP contribution in [0.1, 0.15) is 66.7 Å². The van der Waals surface area contributed by atoms with E-state index >= 15 is 0 Å². The molecule has 2 aliphatic heterocycles. The number of rotatable bonds is 12. The van der Waals surface area contributed by atoms with E-state index in [9.17, 15) is 47.9 Å². The average molecular weight is 1560 g/mol. The molecule has 0 spiro atoms. The Labute approximate surface area is 451 Å². The fraction of sp³-hybridized carbons (Fsp3) is 0.366. The highest BCUT2D eigenvalue weighted by Gasteiger charge is 2.62. The molecule has 24 heteroatoms. The van der Waals surface area contributed by atoms with Gasteiger partial charge in [-0.3, -0.25) is 38.4 Å². The summed E-state index contributed by atoms with van der Waals surface area (Å²) in [5.41, 5.74) is 0.272. The van der Waals surface area contributed by atoms with Crippen molar-refractivity contribution < 1.29 is 57.6 Å². The van der Waals surface area contributed by atoms with E-state index in [1.807, 2.05) is 160 Å². The van der Waals surface area contributed by atoms with Gasteiger partial charge in [-0.1, -0.05) is 31.2 Å². The molecule has 4 fully saturated rings. The average Bonchev–Trinajstić information content (AvgIpc) is 4.13. The lowest BCUT2D eigenvalue weighted by atomic mass is 9.85. The lowest BCUT2D eigenvalue weighted by molar-refractivity contribution is -0.176. The first-order valence-corrected chi connectivity index (χ1v) is 26.4. The van der Waals surface area contributed by atoms with Crippen molar-refractivity contribution >= 4 is 217 Å². The maximum atomic E-state index is 13.9. The summed E-state index contributed by atoms with van der Waals surface area (Å²) < 4.78 is 1.47. The smallest absolute Gasteiger partial charge is 0.325 e. The number of fused-ring (bicyclic) bond motifs is 10.